The molecule has 2 aromatic carbocycles. The van der Waals surface area contributed by atoms with Gasteiger partial charge in [-0.25, -0.2) is 0 Å². The number of para-hydroxylation sites is 1. The molecule has 0 saturated heterocycles. The van der Waals surface area contributed by atoms with Gasteiger partial charge in [-0.15, -0.1) is 23.4 Å². The molecule has 0 aliphatic heterocycles. The normalized spacial score (nSPS) is 12.1. The molecule has 0 bridgehead atoms. The minimum absolute atomic E-state index is 0.242. The number of aryl methyl sites for hydroxylation is 1. The van der Waals surface area contributed by atoms with E-state index in [-0.39, 0.29) is 5.88 Å². The molecule has 1 unspecified atom stereocenters. The van der Waals surface area contributed by atoms with Gasteiger partial charge in [-0.1, -0.05) is 42.0 Å². The molecule has 0 aliphatic carbocycles. The Bertz CT molecular complexity index is 576. The SMILES string of the molecule is Cc1cccc(CSc2ccccc2NCC(O)CCl)c1. The van der Waals surface area contributed by atoms with Crippen LogP contribution in [0.2, 0.25) is 0 Å². The molecule has 1 atom stereocenters. The Morgan fingerprint density at radius 2 is 2.00 bits per heavy atom. The van der Waals surface area contributed by atoms with Gasteiger partial charge in [-0.05, 0) is 24.6 Å². The quantitative estimate of drug-likeness (QED) is 0.589. The fourth-order valence-electron chi connectivity index (χ4n) is 1.98. The first-order chi connectivity index (χ1) is 10.2. The highest BCUT2D eigenvalue weighted by Crippen LogP contribution is 2.29. The molecule has 21 heavy (non-hydrogen) atoms. The second kappa shape index (κ2) is 8.32. The molecule has 2 aromatic rings. The molecule has 112 valence electrons. The van der Waals surface area contributed by atoms with E-state index in [0.29, 0.717) is 6.54 Å². The maximum Gasteiger partial charge on any atom is 0.0847 e. The molecule has 0 heterocycles. The zero-order valence-corrected chi connectivity index (χ0v) is 13.6. The van der Waals surface area contributed by atoms with Crippen LogP contribution in [-0.4, -0.2) is 23.6 Å². The van der Waals surface area contributed by atoms with E-state index in [2.05, 4.69) is 42.6 Å². The van der Waals surface area contributed by atoms with E-state index < -0.39 is 6.10 Å². The lowest BCUT2D eigenvalue weighted by Gasteiger charge is -2.14. The molecule has 0 amide bonds. The van der Waals surface area contributed by atoms with Gasteiger partial charge >= 0.3 is 0 Å². The fraction of sp³-hybridized carbons (Fsp3) is 0.294. The van der Waals surface area contributed by atoms with Crippen molar-refractivity contribution in [1.29, 1.82) is 0 Å². The first kappa shape index (κ1) is 16.2. The van der Waals surface area contributed by atoms with Crippen LogP contribution in [0.5, 0.6) is 0 Å². The van der Waals surface area contributed by atoms with Gasteiger partial charge in [0.2, 0.25) is 0 Å². The third-order valence-corrected chi connectivity index (χ3v) is 4.57. The number of rotatable bonds is 7. The lowest BCUT2D eigenvalue weighted by Crippen LogP contribution is -2.20. The van der Waals surface area contributed by atoms with E-state index in [0.717, 1.165) is 11.4 Å². The maximum absolute atomic E-state index is 9.55. The van der Waals surface area contributed by atoms with Crippen LogP contribution in [0.25, 0.3) is 0 Å². The molecular formula is C17H20ClNOS. The monoisotopic (exact) mass is 321 g/mol. The van der Waals surface area contributed by atoms with Gasteiger partial charge in [-0.3, -0.25) is 0 Å². The van der Waals surface area contributed by atoms with E-state index >= 15 is 0 Å². The molecular weight excluding hydrogens is 302 g/mol. The molecule has 0 aliphatic rings. The number of nitrogens with one attached hydrogen (secondary N) is 1. The number of anilines is 1. The van der Waals surface area contributed by atoms with Crippen molar-refractivity contribution in [2.45, 2.75) is 23.7 Å². The zero-order valence-electron chi connectivity index (χ0n) is 12.1. The van der Waals surface area contributed by atoms with E-state index in [1.165, 1.54) is 16.0 Å². The van der Waals surface area contributed by atoms with Crippen molar-refractivity contribution >= 4 is 29.1 Å². The average Bonchev–Trinajstić information content (AvgIpc) is 2.51. The number of aliphatic hydroxyl groups excluding tert-OH is 1. The summed E-state index contributed by atoms with van der Waals surface area (Å²) in [4.78, 5) is 1.18. The Morgan fingerprint density at radius 1 is 1.19 bits per heavy atom. The summed E-state index contributed by atoms with van der Waals surface area (Å²) in [5, 5.41) is 12.8. The highest BCUT2D eigenvalue weighted by atomic mass is 35.5. The fourth-order valence-corrected chi connectivity index (χ4v) is 3.07. The Hall–Kier alpha value is -1.16. The first-order valence-electron chi connectivity index (χ1n) is 6.94. The molecule has 0 fully saturated rings. The maximum atomic E-state index is 9.55. The lowest BCUT2D eigenvalue weighted by atomic mass is 10.2. The second-order valence-corrected chi connectivity index (χ2v) is 6.29. The van der Waals surface area contributed by atoms with Crippen LogP contribution in [0, 0.1) is 6.92 Å². The van der Waals surface area contributed by atoms with E-state index in [9.17, 15) is 5.11 Å². The van der Waals surface area contributed by atoms with Gasteiger partial charge in [0.1, 0.15) is 0 Å². The first-order valence-corrected chi connectivity index (χ1v) is 8.46. The number of benzene rings is 2. The van der Waals surface area contributed by atoms with Gasteiger partial charge in [0.15, 0.2) is 0 Å². The van der Waals surface area contributed by atoms with Crippen molar-refractivity contribution in [2.75, 3.05) is 17.7 Å². The van der Waals surface area contributed by atoms with Crippen molar-refractivity contribution in [3.8, 4) is 0 Å². The topological polar surface area (TPSA) is 32.3 Å². The van der Waals surface area contributed by atoms with Crippen LogP contribution >= 0.6 is 23.4 Å². The Labute approximate surface area is 135 Å². The highest BCUT2D eigenvalue weighted by Gasteiger charge is 2.06. The smallest absolute Gasteiger partial charge is 0.0847 e. The number of halogens is 1. The number of thioether (sulfide) groups is 1. The minimum atomic E-state index is -0.526. The molecule has 2 nitrogen and oxygen atoms in total. The summed E-state index contributed by atoms with van der Waals surface area (Å²) >= 11 is 7.41. The van der Waals surface area contributed by atoms with E-state index in [1.807, 2.05) is 18.2 Å². The lowest BCUT2D eigenvalue weighted by molar-refractivity contribution is 0.211. The number of hydrogen-bond acceptors (Lipinski definition) is 3. The Morgan fingerprint density at radius 3 is 2.76 bits per heavy atom. The summed E-state index contributed by atoms with van der Waals surface area (Å²) in [5.41, 5.74) is 3.64. The van der Waals surface area contributed by atoms with Crippen molar-refractivity contribution in [3.05, 3.63) is 59.7 Å². The van der Waals surface area contributed by atoms with Gasteiger partial charge in [0.05, 0.1) is 12.0 Å². The van der Waals surface area contributed by atoms with Gasteiger partial charge < -0.3 is 10.4 Å². The predicted octanol–water partition coefficient (Wildman–Crippen LogP) is 4.30. The molecule has 0 radical (unpaired) electrons. The van der Waals surface area contributed by atoms with Crippen LogP contribution < -0.4 is 5.32 Å². The summed E-state index contributed by atoms with van der Waals surface area (Å²) in [6.07, 6.45) is -0.526. The average molecular weight is 322 g/mol. The summed E-state index contributed by atoms with van der Waals surface area (Å²) in [5.74, 6) is 1.17. The molecule has 0 spiro atoms. The largest absolute Gasteiger partial charge is 0.390 e. The third kappa shape index (κ3) is 5.27. The van der Waals surface area contributed by atoms with Crippen molar-refractivity contribution in [2.24, 2.45) is 0 Å². The van der Waals surface area contributed by atoms with E-state index in [4.69, 9.17) is 11.6 Å². The van der Waals surface area contributed by atoms with Gasteiger partial charge in [-0.2, -0.15) is 0 Å². The molecule has 4 heteroatoms. The highest BCUT2D eigenvalue weighted by molar-refractivity contribution is 7.98. The number of aliphatic hydroxyl groups is 1. The molecule has 2 N–H and O–H groups in total. The summed E-state index contributed by atoms with van der Waals surface area (Å²) in [6, 6.07) is 16.7. The van der Waals surface area contributed by atoms with Crippen LogP contribution in [0.3, 0.4) is 0 Å². The zero-order chi connectivity index (χ0) is 15.1. The van der Waals surface area contributed by atoms with Crippen molar-refractivity contribution in [3.63, 3.8) is 0 Å². The van der Waals surface area contributed by atoms with Gasteiger partial charge in [0.25, 0.3) is 0 Å². The number of hydrogen-bond donors (Lipinski definition) is 2. The second-order valence-electron chi connectivity index (χ2n) is 4.96. The van der Waals surface area contributed by atoms with Crippen molar-refractivity contribution < 1.29 is 5.11 Å². The van der Waals surface area contributed by atoms with E-state index in [1.54, 1.807) is 11.8 Å². The Kier molecular flexibility index (Phi) is 6.43. The van der Waals surface area contributed by atoms with Gasteiger partial charge in [0, 0.05) is 22.9 Å². The summed E-state index contributed by atoms with van der Waals surface area (Å²) in [7, 11) is 0. The minimum Gasteiger partial charge on any atom is -0.390 e. The standard InChI is InChI=1S/C17H20ClNOS/c1-13-5-4-6-14(9-13)12-21-17-8-3-2-7-16(17)19-11-15(20)10-18/h2-9,15,19-20H,10-12H2,1H3. The summed E-state index contributed by atoms with van der Waals surface area (Å²) < 4.78 is 0. The predicted molar refractivity (Wildman–Crippen MR) is 92.4 cm³/mol. The Balaban J connectivity index is 1.99. The molecule has 2 rings (SSSR count). The molecule has 0 saturated carbocycles. The van der Waals surface area contributed by atoms with Crippen LogP contribution in [0.1, 0.15) is 11.1 Å². The van der Waals surface area contributed by atoms with Crippen molar-refractivity contribution in [1.82, 2.24) is 0 Å². The third-order valence-electron chi connectivity index (χ3n) is 3.07. The van der Waals surface area contributed by atoms with Crippen LogP contribution in [-0.2, 0) is 5.75 Å². The molecule has 0 aromatic heterocycles. The summed E-state index contributed by atoms with van der Waals surface area (Å²) in [6.45, 7) is 2.57. The van der Waals surface area contributed by atoms with Crippen LogP contribution in [0.4, 0.5) is 5.69 Å². The van der Waals surface area contributed by atoms with Crippen LogP contribution in [0.15, 0.2) is 53.4 Å². The number of alkyl halides is 1.